The lowest BCUT2D eigenvalue weighted by Gasteiger charge is -2.23. The molecule has 5 nitrogen and oxygen atoms in total. The van der Waals surface area contributed by atoms with E-state index in [9.17, 15) is 4.79 Å². The fourth-order valence-corrected chi connectivity index (χ4v) is 3.46. The van der Waals surface area contributed by atoms with Gasteiger partial charge in [-0.3, -0.25) is 4.79 Å². The molecule has 2 fully saturated rings. The van der Waals surface area contributed by atoms with Crippen molar-refractivity contribution in [1.82, 2.24) is 15.6 Å². The minimum atomic E-state index is -0.0488. The van der Waals surface area contributed by atoms with Gasteiger partial charge in [-0.1, -0.05) is 0 Å². The minimum Gasteiger partial charge on any atom is -0.491 e. The van der Waals surface area contributed by atoms with Gasteiger partial charge in [0.1, 0.15) is 11.4 Å². The van der Waals surface area contributed by atoms with Crippen molar-refractivity contribution in [2.45, 2.75) is 31.3 Å². The maximum atomic E-state index is 12.2. The Kier molecular flexibility index (Phi) is 2.48. The van der Waals surface area contributed by atoms with Crippen molar-refractivity contribution >= 4 is 5.91 Å². The van der Waals surface area contributed by atoms with Gasteiger partial charge in [0.2, 0.25) is 0 Å². The van der Waals surface area contributed by atoms with Crippen molar-refractivity contribution in [3.8, 4) is 5.75 Å². The largest absolute Gasteiger partial charge is 0.491 e. The van der Waals surface area contributed by atoms with E-state index in [2.05, 4.69) is 15.6 Å². The molecule has 4 rings (SSSR count). The van der Waals surface area contributed by atoms with Crippen LogP contribution < -0.4 is 15.4 Å². The fourth-order valence-electron chi connectivity index (χ4n) is 3.46. The van der Waals surface area contributed by atoms with Crippen LogP contribution >= 0.6 is 0 Å². The molecule has 100 valence electrons. The van der Waals surface area contributed by atoms with E-state index in [-0.39, 0.29) is 5.91 Å². The molecule has 3 atom stereocenters. The summed E-state index contributed by atoms with van der Waals surface area (Å²) in [7, 11) is 0. The number of carbonyl (C=O) groups excluding carboxylic acids is 1. The molecule has 3 heterocycles. The monoisotopic (exact) mass is 259 g/mol. The first-order chi connectivity index (χ1) is 9.29. The Bertz CT molecular complexity index is 531. The summed E-state index contributed by atoms with van der Waals surface area (Å²) in [4.78, 5) is 16.4. The van der Waals surface area contributed by atoms with E-state index < -0.39 is 0 Å². The highest BCUT2D eigenvalue weighted by molar-refractivity contribution is 5.92. The molecule has 1 aromatic rings. The van der Waals surface area contributed by atoms with E-state index in [4.69, 9.17) is 4.74 Å². The van der Waals surface area contributed by atoms with Crippen molar-refractivity contribution < 1.29 is 9.53 Å². The van der Waals surface area contributed by atoms with Gasteiger partial charge in [0.05, 0.1) is 12.8 Å². The number of hydrogen-bond acceptors (Lipinski definition) is 4. The number of aromatic nitrogens is 1. The molecule has 2 bridgehead atoms. The Morgan fingerprint density at radius 3 is 3.21 bits per heavy atom. The van der Waals surface area contributed by atoms with Gasteiger partial charge in [0, 0.05) is 30.6 Å². The molecule has 1 aromatic heterocycles. The van der Waals surface area contributed by atoms with E-state index >= 15 is 0 Å². The third-order valence-corrected chi connectivity index (χ3v) is 4.49. The number of amides is 1. The second kappa shape index (κ2) is 4.20. The number of nitrogens with one attached hydrogen (secondary N) is 2. The van der Waals surface area contributed by atoms with Crippen molar-refractivity contribution in [2.75, 3.05) is 13.2 Å². The summed E-state index contributed by atoms with van der Waals surface area (Å²) in [6.45, 7) is 1.72. The summed E-state index contributed by atoms with van der Waals surface area (Å²) >= 11 is 0. The number of rotatable bonds is 2. The Morgan fingerprint density at radius 1 is 1.47 bits per heavy atom. The molecular weight excluding hydrogens is 242 g/mol. The summed E-state index contributed by atoms with van der Waals surface area (Å²) in [5, 5.41) is 6.59. The van der Waals surface area contributed by atoms with E-state index in [1.54, 1.807) is 6.20 Å². The van der Waals surface area contributed by atoms with Crippen LogP contribution in [0.5, 0.6) is 5.75 Å². The molecule has 5 heteroatoms. The molecule has 1 saturated carbocycles. The average molecular weight is 259 g/mol. The number of pyridine rings is 1. The van der Waals surface area contributed by atoms with Crippen LogP contribution in [0.2, 0.25) is 0 Å². The summed E-state index contributed by atoms with van der Waals surface area (Å²) < 4.78 is 5.40. The van der Waals surface area contributed by atoms with Crippen molar-refractivity contribution in [3.05, 3.63) is 23.5 Å². The topological polar surface area (TPSA) is 63.2 Å². The molecule has 0 aromatic carbocycles. The number of fused-ring (bicyclic) bond motifs is 3. The Labute approximate surface area is 111 Å². The zero-order valence-corrected chi connectivity index (χ0v) is 10.7. The third-order valence-electron chi connectivity index (χ3n) is 4.49. The summed E-state index contributed by atoms with van der Waals surface area (Å²) in [5.41, 5.74) is 1.61. The fraction of sp³-hybridized carbons (Fsp3) is 0.571. The second-order valence-electron chi connectivity index (χ2n) is 5.69. The predicted octanol–water partition coefficient (Wildman–Crippen LogP) is 0.497. The molecular formula is C14H17N3O2. The standard InChI is InChI=1S/C14H17N3O2/c18-14(17-11-5-10-3-9(11)6-15-10)12-4-8-1-2-19-13(8)7-16-12/h4,7,9-11,15H,1-3,5-6H2,(H,17,18). The van der Waals surface area contributed by atoms with Gasteiger partial charge in [0.25, 0.3) is 5.91 Å². The van der Waals surface area contributed by atoms with Gasteiger partial charge in [-0.25, -0.2) is 4.98 Å². The number of hydrogen-bond donors (Lipinski definition) is 2. The van der Waals surface area contributed by atoms with Gasteiger partial charge in [-0.05, 0) is 24.8 Å². The molecule has 3 unspecified atom stereocenters. The zero-order valence-electron chi connectivity index (χ0n) is 10.7. The summed E-state index contributed by atoms with van der Waals surface area (Å²) in [5.74, 6) is 1.36. The molecule has 2 N–H and O–H groups in total. The molecule has 2 aliphatic heterocycles. The average Bonchev–Trinajstić information content (AvgIpc) is 3.13. The molecule has 19 heavy (non-hydrogen) atoms. The summed E-state index contributed by atoms with van der Waals surface area (Å²) in [6, 6.07) is 2.77. The predicted molar refractivity (Wildman–Crippen MR) is 69.2 cm³/mol. The van der Waals surface area contributed by atoms with Gasteiger partial charge in [0.15, 0.2) is 0 Å². The van der Waals surface area contributed by atoms with Crippen molar-refractivity contribution in [3.63, 3.8) is 0 Å². The molecule has 0 radical (unpaired) electrons. The van der Waals surface area contributed by atoms with Gasteiger partial charge in [-0.15, -0.1) is 0 Å². The molecule has 3 aliphatic rings. The van der Waals surface area contributed by atoms with Crippen LogP contribution in [0.3, 0.4) is 0 Å². The third kappa shape index (κ3) is 1.89. The van der Waals surface area contributed by atoms with Crippen LogP contribution in [0.4, 0.5) is 0 Å². The van der Waals surface area contributed by atoms with E-state index in [1.165, 1.54) is 6.42 Å². The van der Waals surface area contributed by atoms with Crippen LogP contribution in [0, 0.1) is 5.92 Å². The van der Waals surface area contributed by atoms with E-state index in [0.29, 0.717) is 30.3 Å². The lowest BCUT2D eigenvalue weighted by Crippen LogP contribution is -2.44. The lowest BCUT2D eigenvalue weighted by molar-refractivity contribution is 0.0920. The van der Waals surface area contributed by atoms with Crippen LogP contribution in [-0.4, -0.2) is 36.1 Å². The highest BCUT2D eigenvalue weighted by atomic mass is 16.5. The van der Waals surface area contributed by atoms with Gasteiger partial charge >= 0.3 is 0 Å². The van der Waals surface area contributed by atoms with Crippen LogP contribution in [0.15, 0.2) is 12.3 Å². The normalized spacial score (nSPS) is 31.1. The Morgan fingerprint density at radius 2 is 2.42 bits per heavy atom. The number of carbonyl (C=O) groups is 1. The first-order valence-corrected chi connectivity index (χ1v) is 6.95. The molecule has 1 aliphatic carbocycles. The number of piperidine rings is 1. The van der Waals surface area contributed by atoms with Crippen LogP contribution in [-0.2, 0) is 6.42 Å². The SMILES string of the molecule is O=C(NC1CC2CC1CN2)c1cc2c(cn1)OCC2. The molecule has 1 amide bonds. The lowest BCUT2D eigenvalue weighted by atomic mass is 10.0. The van der Waals surface area contributed by atoms with E-state index in [0.717, 1.165) is 30.7 Å². The van der Waals surface area contributed by atoms with Crippen molar-refractivity contribution in [2.24, 2.45) is 5.92 Å². The van der Waals surface area contributed by atoms with Gasteiger partial charge < -0.3 is 15.4 Å². The number of ether oxygens (including phenoxy) is 1. The zero-order chi connectivity index (χ0) is 12.8. The maximum Gasteiger partial charge on any atom is 0.270 e. The Balaban J connectivity index is 1.48. The van der Waals surface area contributed by atoms with Crippen LogP contribution in [0.1, 0.15) is 28.9 Å². The number of nitrogens with zero attached hydrogens (tertiary/aromatic N) is 1. The minimum absolute atomic E-state index is 0.0488. The highest BCUT2D eigenvalue weighted by Gasteiger charge is 2.40. The second-order valence-corrected chi connectivity index (χ2v) is 5.69. The quantitative estimate of drug-likeness (QED) is 0.811. The van der Waals surface area contributed by atoms with Crippen LogP contribution in [0.25, 0.3) is 0 Å². The summed E-state index contributed by atoms with van der Waals surface area (Å²) in [6.07, 6.45) is 4.77. The maximum absolute atomic E-state index is 12.2. The smallest absolute Gasteiger partial charge is 0.270 e. The van der Waals surface area contributed by atoms with Crippen molar-refractivity contribution in [1.29, 1.82) is 0 Å². The molecule has 0 spiro atoms. The van der Waals surface area contributed by atoms with E-state index in [1.807, 2.05) is 6.07 Å². The van der Waals surface area contributed by atoms with Gasteiger partial charge in [-0.2, -0.15) is 0 Å². The first-order valence-electron chi connectivity index (χ1n) is 6.95. The first kappa shape index (κ1) is 11.2. The molecule has 1 saturated heterocycles. The Hall–Kier alpha value is -1.62. The highest BCUT2D eigenvalue weighted by Crippen LogP contribution is 2.31.